The molecule has 1 N–H and O–H groups in total. The van der Waals surface area contributed by atoms with Gasteiger partial charge in [-0.2, -0.15) is 0 Å². The van der Waals surface area contributed by atoms with Crippen LogP contribution in [0.2, 0.25) is 5.02 Å². The summed E-state index contributed by atoms with van der Waals surface area (Å²) in [5.41, 5.74) is -0.0197. The minimum Gasteiger partial charge on any atom is -0.296 e. The van der Waals surface area contributed by atoms with Gasteiger partial charge in [0.1, 0.15) is 5.01 Å². The Morgan fingerprint density at radius 2 is 2.22 bits per heavy atom. The number of hydrogen-bond acceptors (Lipinski definition) is 6. The number of anilines is 1. The Balaban J connectivity index is 2.12. The zero-order valence-corrected chi connectivity index (χ0v) is 14.1. The van der Waals surface area contributed by atoms with Crippen molar-refractivity contribution in [2.45, 2.75) is 32.6 Å². The van der Waals surface area contributed by atoms with Crippen molar-refractivity contribution < 1.29 is 9.72 Å². The number of nitrogens with one attached hydrogen (secondary N) is 1. The molecule has 7 nitrogen and oxygen atoms in total. The van der Waals surface area contributed by atoms with E-state index in [1.54, 1.807) is 0 Å². The van der Waals surface area contributed by atoms with Crippen LogP contribution in [0, 0.1) is 10.1 Å². The second-order valence-electron chi connectivity index (χ2n) is 5.01. The molecule has 0 unspecified atom stereocenters. The fourth-order valence-electron chi connectivity index (χ4n) is 2.01. The second kappa shape index (κ2) is 7.47. The Morgan fingerprint density at radius 1 is 1.48 bits per heavy atom. The van der Waals surface area contributed by atoms with Crippen LogP contribution in [0.25, 0.3) is 0 Å². The minimum absolute atomic E-state index is 0.0146. The number of halogens is 1. The highest BCUT2D eigenvalue weighted by atomic mass is 35.5. The number of benzene rings is 1. The zero-order valence-electron chi connectivity index (χ0n) is 12.6. The molecular formula is C14H15ClN4O3S. The van der Waals surface area contributed by atoms with Crippen LogP contribution in [0.4, 0.5) is 10.8 Å². The number of nitrogens with zero attached hydrogens (tertiary/aromatic N) is 3. The van der Waals surface area contributed by atoms with Crippen molar-refractivity contribution >= 4 is 39.7 Å². The molecule has 1 atom stereocenters. The van der Waals surface area contributed by atoms with Crippen molar-refractivity contribution in [3.8, 4) is 0 Å². The van der Waals surface area contributed by atoms with Crippen molar-refractivity contribution in [2.24, 2.45) is 0 Å². The van der Waals surface area contributed by atoms with Gasteiger partial charge in [-0.25, -0.2) is 0 Å². The molecule has 0 aliphatic carbocycles. The van der Waals surface area contributed by atoms with Crippen LogP contribution in [0.5, 0.6) is 0 Å². The van der Waals surface area contributed by atoms with Gasteiger partial charge in [-0.3, -0.25) is 20.2 Å². The van der Waals surface area contributed by atoms with Gasteiger partial charge in [0, 0.05) is 18.1 Å². The summed E-state index contributed by atoms with van der Waals surface area (Å²) in [6.07, 6.45) is 2.04. The smallest absolute Gasteiger partial charge is 0.270 e. The summed E-state index contributed by atoms with van der Waals surface area (Å²) in [6, 6.07) is 3.69. The number of nitro benzene ring substituents is 1. The molecule has 23 heavy (non-hydrogen) atoms. The van der Waals surface area contributed by atoms with Crippen LogP contribution in [0.3, 0.4) is 0 Å². The maximum atomic E-state index is 12.2. The molecule has 0 aliphatic rings. The monoisotopic (exact) mass is 354 g/mol. The molecule has 1 amide bonds. The molecule has 1 aromatic heterocycles. The van der Waals surface area contributed by atoms with Crippen LogP contribution in [0.15, 0.2) is 18.2 Å². The van der Waals surface area contributed by atoms with Gasteiger partial charge in [-0.15, -0.1) is 10.2 Å². The molecule has 122 valence electrons. The normalized spacial score (nSPS) is 12.0. The van der Waals surface area contributed by atoms with Gasteiger partial charge in [0.2, 0.25) is 5.13 Å². The number of nitro groups is 1. The molecule has 2 aromatic rings. The predicted octanol–water partition coefficient (Wildman–Crippen LogP) is 4.26. The number of carbonyl (C=O) groups excluding carboxylic acids is 1. The molecule has 0 radical (unpaired) electrons. The fourth-order valence-corrected chi connectivity index (χ4v) is 3.09. The van der Waals surface area contributed by atoms with Crippen molar-refractivity contribution in [1.82, 2.24) is 10.2 Å². The lowest BCUT2D eigenvalue weighted by Crippen LogP contribution is -2.12. The Morgan fingerprint density at radius 3 is 2.83 bits per heavy atom. The lowest BCUT2D eigenvalue weighted by molar-refractivity contribution is -0.384. The van der Waals surface area contributed by atoms with Gasteiger partial charge >= 0.3 is 0 Å². The molecular weight excluding hydrogens is 340 g/mol. The van der Waals surface area contributed by atoms with E-state index in [0.717, 1.165) is 23.9 Å². The number of non-ortho nitro benzene ring substituents is 1. The SMILES string of the molecule is CCC[C@H](C)c1nnc(NC(=O)c2ccc([N+](=O)[O-])cc2Cl)s1. The van der Waals surface area contributed by atoms with Gasteiger partial charge in [0.05, 0.1) is 15.5 Å². The highest BCUT2D eigenvalue weighted by molar-refractivity contribution is 7.15. The number of rotatable bonds is 6. The van der Waals surface area contributed by atoms with Crippen LogP contribution < -0.4 is 5.32 Å². The molecule has 1 heterocycles. The Bertz CT molecular complexity index is 735. The van der Waals surface area contributed by atoms with Crippen molar-refractivity contribution in [3.05, 3.63) is 43.9 Å². The van der Waals surface area contributed by atoms with E-state index in [1.807, 2.05) is 0 Å². The van der Waals surface area contributed by atoms with Crippen molar-refractivity contribution in [1.29, 1.82) is 0 Å². The molecule has 0 bridgehead atoms. The summed E-state index contributed by atoms with van der Waals surface area (Å²) >= 11 is 7.25. The molecule has 0 aliphatic heterocycles. The zero-order chi connectivity index (χ0) is 17.0. The number of hydrogen-bond donors (Lipinski definition) is 1. The van der Waals surface area contributed by atoms with Crippen molar-refractivity contribution in [3.63, 3.8) is 0 Å². The third-order valence-corrected chi connectivity index (χ3v) is 4.60. The summed E-state index contributed by atoms with van der Waals surface area (Å²) in [5.74, 6) is -0.193. The summed E-state index contributed by atoms with van der Waals surface area (Å²) in [4.78, 5) is 22.3. The van der Waals surface area contributed by atoms with Crippen molar-refractivity contribution in [2.75, 3.05) is 5.32 Å². The molecule has 9 heteroatoms. The topological polar surface area (TPSA) is 98.0 Å². The summed E-state index contributed by atoms with van der Waals surface area (Å²) < 4.78 is 0. The van der Waals surface area contributed by atoms with E-state index >= 15 is 0 Å². The summed E-state index contributed by atoms with van der Waals surface area (Å²) in [6.45, 7) is 4.15. The van der Waals surface area contributed by atoms with E-state index in [4.69, 9.17) is 11.6 Å². The first-order valence-corrected chi connectivity index (χ1v) is 8.20. The Labute approximate surface area is 141 Å². The molecule has 2 rings (SSSR count). The first kappa shape index (κ1) is 17.3. The predicted molar refractivity (Wildman–Crippen MR) is 89.3 cm³/mol. The molecule has 0 fully saturated rings. The van der Waals surface area contributed by atoms with E-state index in [2.05, 4.69) is 29.4 Å². The highest BCUT2D eigenvalue weighted by Gasteiger charge is 2.17. The maximum absolute atomic E-state index is 12.2. The average Bonchev–Trinajstić information content (AvgIpc) is 2.95. The standard InChI is InChI=1S/C14H15ClN4O3S/c1-3-4-8(2)13-17-18-14(23-13)16-12(20)10-6-5-9(19(21)22)7-11(10)15/h5-8H,3-4H2,1-2H3,(H,16,18,20)/t8-/m0/s1. The first-order valence-electron chi connectivity index (χ1n) is 7.01. The highest BCUT2D eigenvalue weighted by Crippen LogP contribution is 2.28. The maximum Gasteiger partial charge on any atom is 0.270 e. The first-order chi connectivity index (χ1) is 10.9. The molecule has 0 spiro atoms. The van der Waals surface area contributed by atoms with Crippen LogP contribution >= 0.6 is 22.9 Å². The van der Waals surface area contributed by atoms with Gasteiger partial charge < -0.3 is 0 Å². The summed E-state index contributed by atoms with van der Waals surface area (Å²) in [7, 11) is 0. The van der Waals surface area contributed by atoms with E-state index in [9.17, 15) is 14.9 Å². The van der Waals surface area contributed by atoms with Crippen LogP contribution in [-0.2, 0) is 0 Å². The average molecular weight is 355 g/mol. The molecule has 1 aromatic carbocycles. The summed E-state index contributed by atoms with van der Waals surface area (Å²) in [5, 5.41) is 22.6. The number of amides is 1. The number of aromatic nitrogens is 2. The minimum atomic E-state index is -0.570. The van der Waals surface area contributed by atoms with E-state index in [0.29, 0.717) is 5.13 Å². The second-order valence-corrected chi connectivity index (χ2v) is 6.43. The number of carbonyl (C=O) groups is 1. The lowest BCUT2D eigenvalue weighted by Gasteiger charge is -2.04. The van der Waals surface area contributed by atoms with Gasteiger partial charge in [0.25, 0.3) is 11.6 Å². The fraction of sp³-hybridized carbons (Fsp3) is 0.357. The lowest BCUT2D eigenvalue weighted by atomic mass is 10.1. The van der Waals surface area contributed by atoms with E-state index < -0.39 is 10.8 Å². The third-order valence-electron chi connectivity index (χ3n) is 3.21. The third kappa shape index (κ3) is 4.23. The van der Waals surface area contributed by atoms with Gasteiger partial charge in [0.15, 0.2) is 0 Å². The van der Waals surface area contributed by atoms with Crippen LogP contribution in [-0.4, -0.2) is 21.0 Å². The van der Waals surface area contributed by atoms with E-state index in [-0.39, 0.29) is 22.2 Å². The Kier molecular flexibility index (Phi) is 5.62. The Hall–Kier alpha value is -2.06. The van der Waals surface area contributed by atoms with Gasteiger partial charge in [-0.05, 0) is 12.5 Å². The molecule has 0 saturated carbocycles. The molecule has 0 saturated heterocycles. The van der Waals surface area contributed by atoms with E-state index in [1.165, 1.54) is 23.5 Å². The van der Waals surface area contributed by atoms with Crippen LogP contribution in [0.1, 0.15) is 48.0 Å². The van der Waals surface area contributed by atoms with Gasteiger partial charge in [-0.1, -0.05) is 43.2 Å². The quantitative estimate of drug-likeness (QED) is 0.617. The largest absolute Gasteiger partial charge is 0.296 e.